The van der Waals surface area contributed by atoms with Crippen molar-refractivity contribution in [2.24, 2.45) is 5.73 Å². The predicted molar refractivity (Wildman–Crippen MR) is 74.9 cm³/mol. The summed E-state index contributed by atoms with van der Waals surface area (Å²) in [5, 5.41) is 3.35. The van der Waals surface area contributed by atoms with E-state index in [-0.39, 0.29) is 5.54 Å². The Labute approximate surface area is 114 Å². The number of pyridine rings is 1. The summed E-state index contributed by atoms with van der Waals surface area (Å²) in [6, 6.07) is 3.67. The fourth-order valence-electron chi connectivity index (χ4n) is 1.43. The SMILES string of the molecule is Cc1ccc(OC(C)C(N)=O)c(CNC(C)(C)C)n1. The van der Waals surface area contributed by atoms with Gasteiger partial charge in [-0.2, -0.15) is 0 Å². The van der Waals surface area contributed by atoms with Gasteiger partial charge in [-0.25, -0.2) is 0 Å². The number of hydrogen-bond donors (Lipinski definition) is 2. The summed E-state index contributed by atoms with van der Waals surface area (Å²) >= 11 is 0. The molecule has 0 spiro atoms. The van der Waals surface area contributed by atoms with Crippen LogP contribution in [0, 0.1) is 6.92 Å². The van der Waals surface area contributed by atoms with E-state index in [1.54, 1.807) is 6.92 Å². The van der Waals surface area contributed by atoms with Crippen molar-refractivity contribution in [3.63, 3.8) is 0 Å². The minimum absolute atomic E-state index is 0.0159. The minimum atomic E-state index is -0.669. The number of carbonyl (C=O) groups excluding carboxylic acids is 1. The number of aromatic nitrogens is 1. The third-order valence-electron chi connectivity index (χ3n) is 2.56. The maximum Gasteiger partial charge on any atom is 0.258 e. The van der Waals surface area contributed by atoms with E-state index >= 15 is 0 Å². The molecule has 0 aliphatic heterocycles. The molecule has 0 aliphatic carbocycles. The zero-order valence-corrected chi connectivity index (χ0v) is 12.3. The van der Waals surface area contributed by atoms with Crippen LogP contribution in [0.15, 0.2) is 12.1 Å². The Balaban J connectivity index is 2.88. The Morgan fingerprint density at radius 1 is 1.47 bits per heavy atom. The molecule has 5 nitrogen and oxygen atoms in total. The van der Waals surface area contributed by atoms with Crippen molar-refractivity contribution in [2.75, 3.05) is 0 Å². The number of ether oxygens (including phenoxy) is 1. The molecule has 0 saturated carbocycles. The predicted octanol–water partition coefficient (Wildman–Crippen LogP) is 1.53. The molecule has 0 aromatic carbocycles. The number of aryl methyl sites for hydroxylation is 1. The first-order valence-corrected chi connectivity index (χ1v) is 6.36. The van der Waals surface area contributed by atoms with E-state index in [0.29, 0.717) is 12.3 Å². The molecule has 0 saturated heterocycles. The van der Waals surface area contributed by atoms with Crippen molar-refractivity contribution in [1.82, 2.24) is 10.3 Å². The van der Waals surface area contributed by atoms with E-state index in [1.807, 2.05) is 19.1 Å². The maximum absolute atomic E-state index is 11.1. The summed E-state index contributed by atoms with van der Waals surface area (Å²) in [5.41, 5.74) is 6.88. The highest BCUT2D eigenvalue weighted by molar-refractivity contribution is 5.78. The van der Waals surface area contributed by atoms with Gasteiger partial charge < -0.3 is 15.8 Å². The zero-order valence-electron chi connectivity index (χ0n) is 12.3. The smallest absolute Gasteiger partial charge is 0.258 e. The quantitative estimate of drug-likeness (QED) is 0.846. The van der Waals surface area contributed by atoms with E-state index in [4.69, 9.17) is 10.5 Å². The summed E-state index contributed by atoms with van der Waals surface area (Å²) < 4.78 is 5.55. The van der Waals surface area contributed by atoms with Crippen LogP contribution in [0.2, 0.25) is 0 Å². The molecular weight excluding hydrogens is 242 g/mol. The second-order valence-electron chi connectivity index (χ2n) is 5.66. The van der Waals surface area contributed by atoms with Gasteiger partial charge in [0.05, 0.1) is 5.69 Å². The summed E-state index contributed by atoms with van der Waals surface area (Å²) in [4.78, 5) is 15.5. The first-order chi connectivity index (χ1) is 8.69. The van der Waals surface area contributed by atoms with Crippen LogP contribution >= 0.6 is 0 Å². The number of nitrogens with zero attached hydrogens (tertiary/aromatic N) is 1. The Bertz CT molecular complexity index is 452. The summed E-state index contributed by atoms with van der Waals surface area (Å²) in [6.45, 7) is 10.4. The van der Waals surface area contributed by atoms with Crippen LogP contribution < -0.4 is 15.8 Å². The Morgan fingerprint density at radius 2 is 2.11 bits per heavy atom. The molecule has 0 radical (unpaired) electrons. The van der Waals surface area contributed by atoms with Crippen molar-refractivity contribution in [2.45, 2.75) is 52.8 Å². The molecule has 0 aliphatic rings. The van der Waals surface area contributed by atoms with Gasteiger partial charge in [0.15, 0.2) is 6.10 Å². The van der Waals surface area contributed by atoms with Gasteiger partial charge in [-0.3, -0.25) is 9.78 Å². The molecule has 1 heterocycles. The summed E-state index contributed by atoms with van der Waals surface area (Å²) in [5.74, 6) is 0.101. The van der Waals surface area contributed by atoms with Gasteiger partial charge in [-0.15, -0.1) is 0 Å². The molecule has 106 valence electrons. The minimum Gasteiger partial charge on any atom is -0.479 e. The Hall–Kier alpha value is -1.62. The largest absolute Gasteiger partial charge is 0.479 e. The van der Waals surface area contributed by atoms with Crippen LogP contribution in [-0.2, 0) is 11.3 Å². The van der Waals surface area contributed by atoms with Gasteiger partial charge in [-0.1, -0.05) is 0 Å². The second kappa shape index (κ2) is 6.02. The monoisotopic (exact) mass is 265 g/mol. The van der Waals surface area contributed by atoms with Gasteiger partial charge in [0, 0.05) is 17.8 Å². The van der Waals surface area contributed by atoms with Crippen molar-refractivity contribution >= 4 is 5.91 Å². The standard InChI is InChI=1S/C14H23N3O2/c1-9-6-7-12(19-10(2)13(15)18)11(17-9)8-16-14(3,4)5/h6-7,10,16H,8H2,1-5H3,(H2,15,18). The molecule has 1 aromatic rings. The first kappa shape index (κ1) is 15.4. The fourth-order valence-corrected chi connectivity index (χ4v) is 1.43. The molecule has 3 N–H and O–H groups in total. The molecule has 0 fully saturated rings. The van der Waals surface area contributed by atoms with Gasteiger partial charge in [0.1, 0.15) is 5.75 Å². The van der Waals surface area contributed by atoms with Crippen LogP contribution in [-0.4, -0.2) is 22.5 Å². The van der Waals surface area contributed by atoms with Crippen LogP contribution in [0.1, 0.15) is 39.1 Å². The molecule has 1 rings (SSSR count). The van der Waals surface area contributed by atoms with Crippen LogP contribution in [0.25, 0.3) is 0 Å². The number of primary amides is 1. The Morgan fingerprint density at radius 3 is 2.63 bits per heavy atom. The number of carbonyl (C=O) groups is 1. The number of rotatable bonds is 5. The molecule has 1 atom stereocenters. The summed E-state index contributed by atoms with van der Waals surface area (Å²) in [6.07, 6.45) is -0.669. The second-order valence-corrected chi connectivity index (χ2v) is 5.66. The van der Waals surface area contributed by atoms with E-state index in [1.165, 1.54) is 0 Å². The van der Waals surface area contributed by atoms with E-state index < -0.39 is 12.0 Å². The number of nitrogens with one attached hydrogen (secondary N) is 1. The van der Waals surface area contributed by atoms with Crippen molar-refractivity contribution in [3.8, 4) is 5.75 Å². The molecule has 19 heavy (non-hydrogen) atoms. The third kappa shape index (κ3) is 5.26. The zero-order chi connectivity index (χ0) is 14.6. The van der Waals surface area contributed by atoms with Crippen molar-refractivity contribution in [1.29, 1.82) is 0 Å². The lowest BCUT2D eigenvalue weighted by atomic mass is 10.1. The lowest BCUT2D eigenvalue weighted by Gasteiger charge is -2.22. The van der Waals surface area contributed by atoms with Crippen LogP contribution in [0.4, 0.5) is 0 Å². The molecule has 1 unspecified atom stereocenters. The third-order valence-corrected chi connectivity index (χ3v) is 2.56. The lowest BCUT2D eigenvalue weighted by molar-refractivity contribution is -0.124. The molecule has 1 amide bonds. The highest BCUT2D eigenvalue weighted by Crippen LogP contribution is 2.19. The van der Waals surface area contributed by atoms with E-state index in [2.05, 4.69) is 31.1 Å². The van der Waals surface area contributed by atoms with Gasteiger partial charge in [0.25, 0.3) is 5.91 Å². The van der Waals surface area contributed by atoms with Crippen LogP contribution in [0.3, 0.4) is 0 Å². The van der Waals surface area contributed by atoms with Crippen molar-refractivity contribution in [3.05, 3.63) is 23.5 Å². The van der Waals surface area contributed by atoms with E-state index in [9.17, 15) is 4.79 Å². The lowest BCUT2D eigenvalue weighted by Crippen LogP contribution is -2.36. The van der Waals surface area contributed by atoms with Gasteiger partial charge >= 0.3 is 0 Å². The fraction of sp³-hybridized carbons (Fsp3) is 0.571. The maximum atomic E-state index is 11.1. The highest BCUT2D eigenvalue weighted by atomic mass is 16.5. The average molecular weight is 265 g/mol. The normalized spacial score (nSPS) is 13.1. The van der Waals surface area contributed by atoms with Gasteiger partial charge in [-0.05, 0) is 46.8 Å². The molecular formula is C14H23N3O2. The molecule has 1 aromatic heterocycles. The van der Waals surface area contributed by atoms with Crippen LogP contribution in [0.5, 0.6) is 5.75 Å². The number of amides is 1. The molecule has 0 bridgehead atoms. The first-order valence-electron chi connectivity index (χ1n) is 6.36. The summed E-state index contributed by atoms with van der Waals surface area (Å²) in [7, 11) is 0. The van der Waals surface area contributed by atoms with Crippen molar-refractivity contribution < 1.29 is 9.53 Å². The molecule has 5 heteroatoms. The number of hydrogen-bond acceptors (Lipinski definition) is 4. The van der Waals surface area contributed by atoms with Gasteiger partial charge in [0.2, 0.25) is 0 Å². The average Bonchev–Trinajstić information content (AvgIpc) is 2.28. The van der Waals surface area contributed by atoms with E-state index in [0.717, 1.165) is 11.4 Å². The highest BCUT2D eigenvalue weighted by Gasteiger charge is 2.16. The Kier molecular flexibility index (Phi) is 4.89. The number of nitrogens with two attached hydrogens (primary N) is 1. The topological polar surface area (TPSA) is 77.2 Å².